The summed E-state index contributed by atoms with van der Waals surface area (Å²) >= 11 is 9.67. The third-order valence-corrected chi connectivity index (χ3v) is 5.28. The number of nitrogens with one attached hydrogen (secondary N) is 1. The van der Waals surface area contributed by atoms with E-state index in [1.54, 1.807) is 11.0 Å². The van der Waals surface area contributed by atoms with Gasteiger partial charge in [-0.25, -0.2) is 4.79 Å². The first-order valence-electron chi connectivity index (χ1n) is 8.60. The molecule has 1 saturated heterocycles. The van der Waals surface area contributed by atoms with Crippen molar-refractivity contribution in [1.29, 1.82) is 0 Å². The molecule has 0 radical (unpaired) electrons. The highest BCUT2D eigenvalue weighted by Gasteiger charge is 2.30. The second kappa shape index (κ2) is 7.77. The van der Waals surface area contributed by atoms with E-state index >= 15 is 0 Å². The number of methoxy groups -OCH3 is 1. The van der Waals surface area contributed by atoms with E-state index in [-0.39, 0.29) is 18.1 Å². The lowest BCUT2D eigenvalue weighted by molar-refractivity contribution is 0.0194. The van der Waals surface area contributed by atoms with Crippen molar-refractivity contribution in [3.8, 4) is 6.01 Å². The number of fused-ring (bicyclic) bond motifs is 1. The lowest BCUT2D eigenvalue weighted by Crippen LogP contribution is -2.50. The van der Waals surface area contributed by atoms with Crippen LogP contribution in [0.15, 0.2) is 16.6 Å². The molecule has 1 amide bonds. The quantitative estimate of drug-likeness (QED) is 0.736. The highest BCUT2D eigenvalue weighted by Crippen LogP contribution is 2.32. The first-order chi connectivity index (χ1) is 12.7. The summed E-state index contributed by atoms with van der Waals surface area (Å²) < 4.78 is 11.5. The SMILES string of the molecule is COc1nc(C2CN(C(=O)OC(C)(C)C)CCN2)c2cc(Br)c(Cl)cc2n1. The number of halogens is 2. The molecule has 2 aromatic rings. The number of carbonyl (C=O) groups excluding carboxylic acids is 1. The van der Waals surface area contributed by atoms with Gasteiger partial charge < -0.3 is 19.7 Å². The molecule has 0 spiro atoms. The Labute approximate surface area is 171 Å². The van der Waals surface area contributed by atoms with E-state index in [1.165, 1.54) is 7.11 Å². The Kier molecular flexibility index (Phi) is 5.79. The summed E-state index contributed by atoms with van der Waals surface area (Å²) in [4.78, 5) is 23.1. The van der Waals surface area contributed by atoms with Gasteiger partial charge in [0.1, 0.15) is 5.60 Å². The number of hydrogen-bond acceptors (Lipinski definition) is 6. The van der Waals surface area contributed by atoms with E-state index < -0.39 is 5.60 Å². The fourth-order valence-corrected chi connectivity index (χ4v) is 3.41. The molecule has 2 heterocycles. The summed E-state index contributed by atoms with van der Waals surface area (Å²) in [7, 11) is 1.52. The van der Waals surface area contributed by atoms with Crippen LogP contribution in [0.2, 0.25) is 5.02 Å². The minimum Gasteiger partial charge on any atom is -0.467 e. The molecule has 1 fully saturated rings. The number of hydrogen-bond donors (Lipinski definition) is 1. The molecular weight excluding hydrogens is 436 g/mol. The lowest BCUT2D eigenvalue weighted by Gasteiger charge is -2.35. The van der Waals surface area contributed by atoms with Gasteiger partial charge in [0.05, 0.1) is 29.4 Å². The average Bonchev–Trinajstić information content (AvgIpc) is 2.60. The molecule has 1 unspecified atom stereocenters. The van der Waals surface area contributed by atoms with Gasteiger partial charge in [-0.2, -0.15) is 9.97 Å². The molecule has 0 bridgehead atoms. The van der Waals surface area contributed by atoms with Crippen LogP contribution in [0.25, 0.3) is 10.9 Å². The van der Waals surface area contributed by atoms with Crippen molar-refractivity contribution in [3.05, 3.63) is 27.3 Å². The van der Waals surface area contributed by atoms with Crippen LogP contribution < -0.4 is 10.1 Å². The zero-order valence-corrected chi connectivity index (χ0v) is 18.0. The van der Waals surface area contributed by atoms with Crippen molar-refractivity contribution in [2.45, 2.75) is 32.4 Å². The topological polar surface area (TPSA) is 76.6 Å². The van der Waals surface area contributed by atoms with Gasteiger partial charge >= 0.3 is 12.1 Å². The normalized spacial score (nSPS) is 17.9. The van der Waals surface area contributed by atoms with Crippen LogP contribution in [0.5, 0.6) is 6.01 Å². The molecular formula is C18H22BrClN4O3. The van der Waals surface area contributed by atoms with E-state index in [1.807, 2.05) is 26.8 Å². The minimum atomic E-state index is -0.538. The Bertz CT molecular complexity index is 872. The first kappa shape index (κ1) is 20.1. The third-order valence-electron chi connectivity index (χ3n) is 4.09. The van der Waals surface area contributed by atoms with Gasteiger partial charge in [-0.3, -0.25) is 0 Å². The smallest absolute Gasteiger partial charge is 0.410 e. The number of benzene rings is 1. The molecule has 1 N–H and O–H groups in total. The van der Waals surface area contributed by atoms with Crippen molar-refractivity contribution in [3.63, 3.8) is 0 Å². The number of rotatable bonds is 2. The van der Waals surface area contributed by atoms with Crippen molar-refractivity contribution < 1.29 is 14.3 Å². The summed E-state index contributed by atoms with van der Waals surface area (Å²) in [5.74, 6) is 0. The minimum absolute atomic E-state index is 0.182. The van der Waals surface area contributed by atoms with Crippen LogP contribution in [0.1, 0.15) is 32.5 Å². The van der Waals surface area contributed by atoms with E-state index in [0.29, 0.717) is 30.2 Å². The zero-order chi connectivity index (χ0) is 19.8. The predicted molar refractivity (Wildman–Crippen MR) is 107 cm³/mol. The van der Waals surface area contributed by atoms with Crippen LogP contribution in [0.4, 0.5) is 4.79 Å². The number of amides is 1. The Balaban J connectivity index is 1.96. The maximum absolute atomic E-state index is 12.5. The monoisotopic (exact) mass is 456 g/mol. The molecule has 9 heteroatoms. The molecule has 7 nitrogen and oxygen atoms in total. The molecule has 3 rings (SSSR count). The van der Waals surface area contributed by atoms with Gasteiger partial charge in [-0.1, -0.05) is 11.6 Å². The number of nitrogens with zero attached hydrogens (tertiary/aromatic N) is 3. The molecule has 0 saturated carbocycles. The summed E-state index contributed by atoms with van der Waals surface area (Å²) in [5.41, 5.74) is 0.896. The van der Waals surface area contributed by atoms with E-state index in [9.17, 15) is 4.79 Å². The third kappa shape index (κ3) is 4.62. The fraction of sp³-hybridized carbons (Fsp3) is 0.500. The summed E-state index contributed by atoms with van der Waals surface area (Å²) in [6, 6.07) is 3.73. The van der Waals surface area contributed by atoms with Crippen molar-refractivity contribution in [1.82, 2.24) is 20.2 Å². The Hall–Kier alpha value is -1.64. The second-order valence-electron chi connectivity index (χ2n) is 7.31. The van der Waals surface area contributed by atoms with Crippen LogP contribution in [0, 0.1) is 0 Å². The number of ether oxygens (including phenoxy) is 2. The molecule has 1 aliphatic heterocycles. The Morgan fingerprint density at radius 2 is 2.11 bits per heavy atom. The van der Waals surface area contributed by atoms with Gasteiger partial charge in [0, 0.05) is 29.5 Å². The number of aromatic nitrogens is 2. The van der Waals surface area contributed by atoms with Gasteiger partial charge in [0.2, 0.25) is 0 Å². The van der Waals surface area contributed by atoms with Gasteiger partial charge in [0.15, 0.2) is 0 Å². The second-order valence-corrected chi connectivity index (χ2v) is 8.57. The molecule has 1 aromatic heterocycles. The summed E-state index contributed by atoms with van der Waals surface area (Å²) in [6.07, 6.45) is -0.330. The molecule has 0 aliphatic carbocycles. The van der Waals surface area contributed by atoms with Crippen molar-refractivity contribution >= 4 is 44.5 Å². The largest absolute Gasteiger partial charge is 0.467 e. The molecule has 1 atom stereocenters. The maximum atomic E-state index is 12.5. The highest BCUT2D eigenvalue weighted by molar-refractivity contribution is 9.10. The van der Waals surface area contributed by atoms with Crippen molar-refractivity contribution in [2.75, 3.05) is 26.7 Å². The average molecular weight is 458 g/mol. The van der Waals surface area contributed by atoms with E-state index in [4.69, 9.17) is 21.1 Å². The van der Waals surface area contributed by atoms with Crippen LogP contribution in [-0.4, -0.2) is 53.3 Å². The first-order valence-corrected chi connectivity index (χ1v) is 9.77. The van der Waals surface area contributed by atoms with E-state index in [0.717, 1.165) is 15.6 Å². The van der Waals surface area contributed by atoms with Crippen LogP contribution in [0.3, 0.4) is 0 Å². The van der Waals surface area contributed by atoms with Gasteiger partial charge in [-0.15, -0.1) is 0 Å². The fourth-order valence-electron chi connectivity index (χ4n) is 2.91. The van der Waals surface area contributed by atoms with Crippen molar-refractivity contribution in [2.24, 2.45) is 0 Å². The maximum Gasteiger partial charge on any atom is 0.410 e. The Morgan fingerprint density at radius 3 is 2.78 bits per heavy atom. The summed E-state index contributed by atoms with van der Waals surface area (Å²) in [6.45, 7) is 7.20. The Morgan fingerprint density at radius 1 is 1.37 bits per heavy atom. The molecule has 1 aromatic carbocycles. The van der Waals surface area contributed by atoms with Crippen LogP contribution >= 0.6 is 27.5 Å². The van der Waals surface area contributed by atoms with Crippen LogP contribution in [-0.2, 0) is 4.74 Å². The summed E-state index contributed by atoms with van der Waals surface area (Å²) in [5, 5.41) is 4.82. The highest BCUT2D eigenvalue weighted by atomic mass is 79.9. The standard InChI is InChI=1S/C18H22BrClN4O3/c1-18(2,3)27-17(25)24-6-5-21-14(9-24)15-10-7-11(19)12(20)8-13(10)22-16(23-15)26-4/h7-8,14,21H,5-6,9H2,1-4H3. The molecule has 27 heavy (non-hydrogen) atoms. The number of carbonyl (C=O) groups is 1. The van der Waals surface area contributed by atoms with Gasteiger partial charge in [-0.05, 0) is 48.8 Å². The molecule has 1 aliphatic rings. The van der Waals surface area contributed by atoms with E-state index in [2.05, 4.69) is 31.2 Å². The zero-order valence-electron chi connectivity index (χ0n) is 15.7. The number of piperazine rings is 1. The molecule has 146 valence electrons. The van der Waals surface area contributed by atoms with Gasteiger partial charge in [0.25, 0.3) is 0 Å². The lowest BCUT2D eigenvalue weighted by atomic mass is 10.1. The predicted octanol–water partition coefficient (Wildman–Crippen LogP) is 3.94.